The molecule has 0 atom stereocenters. The predicted molar refractivity (Wildman–Crippen MR) is 96.0 cm³/mol. The van der Waals surface area contributed by atoms with Gasteiger partial charge < -0.3 is 10.6 Å². The van der Waals surface area contributed by atoms with E-state index in [9.17, 15) is 13.2 Å². The molecule has 1 saturated heterocycles. The van der Waals surface area contributed by atoms with Crippen molar-refractivity contribution in [2.24, 2.45) is 0 Å². The van der Waals surface area contributed by atoms with Gasteiger partial charge in [-0.3, -0.25) is 9.69 Å². The molecule has 8 heteroatoms. The summed E-state index contributed by atoms with van der Waals surface area (Å²) in [5, 5.41) is 8.14. The smallest absolute Gasteiger partial charge is 0.241 e. The molecule has 3 heterocycles. The van der Waals surface area contributed by atoms with Crippen molar-refractivity contribution in [3.63, 3.8) is 0 Å². The number of nitrogens with zero attached hydrogens (tertiary/aromatic N) is 1. The number of hydrogen-bond donors (Lipinski definition) is 2. The normalized spacial score (nSPS) is 21.2. The summed E-state index contributed by atoms with van der Waals surface area (Å²) in [5.74, 6) is -0.334. The molecule has 0 aliphatic carbocycles. The summed E-state index contributed by atoms with van der Waals surface area (Å²) in [7, 11) is -3.44. The third-order valence-corrected chi connectivity index (χ3v) is 8.17. The molecule has 134 valence electrons. The van der Waals surface area contributed by atoms with Crippen molar-refractivity contribution < 1.29 is 13.2 Å². The Balaban J connectivity index is 1.55. The first-order chi connectivity index (χ1) is 11.4. The largest absolute Gasteiger partial charge is 0.353 e. The second-order valence-electron chi connectivity index (χ2n) is 6.67. The van der Waals surface area contributed by atoms with Crippen LogP contribution < -0.4 is 10.6 Å². The highest BCUT2D eigenvalue weighted by Crippen LogP contribution is 2.28. The number of sulfone groups is 1. The first kappa shape index (κ1) is 17.8. The van der Waals surface area contributed by atoms with Crippen LogP contribution in [0.3, 0.4) is 0 Å². The number of fused-ring (bicyclic) bond motifs is 1. The number of thiophene rings is 1. The molecule has 1 fully saturated rings. The maximum absolute atomic E-state index is 12.6. The Morgan fingerprint density at radius 3 is 2.88 bits per heavy atom. The summed E-state index contributed by atoms with van der Waals surface area (Å²) in [6.07, 6.45) is 2.93. The van der Waals surface area contributed by atoms with E-state index in [1.54, 1.807) is 0 Å². The molecule has 0 unspecified atom stereocenters. The van der Waals surface area contributed by atoms with Crippen LogP contribution in [0.1, 0.15) is 23.3 Å². The molecule has 3 rings (SSSR count). The van der Waals surface area contributed by atoms with E-state index in [0.29, 0.717) is 32.5 Å². The maximum atomic E-state index is 12.6. The maximum Gasteiger partial charge on any atom is 0.241 e. The minimum Gasteiger partial charge on any atom is -0.353 e. The van der Waals surface area contributed by atoms with Gasteiger partial charge in [-0.1, -0.05) is 0 Å². The van der Waals surface area contributed by atoms with Crippen LogP contribution in [0.2, 0.25) is 0 Å². The molecule has 24 heavy (non-hydrogen) atoms. The van der Waals surface area contributed by atoms with Crippen molar-refractivity contribution in [1.82, 2.24) is 15.5 Å². The van der Waals surface area contributed by atoms with Gasteiger partial charge in [-0.05, 0) is 49.4 Å². The van der Waals surface area contributed by atoms with Gasteiger partial charge in [0.05, 0.1) is 0 Å². The fraction of sp³-hybridized carbons (Fsp3) is 0.688. The number of piperidine rings is 1. The van der Waals surface area contributed by atoms with Crippen LogP contribution in [0.4, 0.5) is 0 Å². The fourth-order valence-corrected chi connectivity index (χ4v) is 5.83. The van der Waals surface area contributed by atoms with Gasteiger partial charge in [0, 0.05) is 37.3 Å². The van der Waals surface area contributed by atoms with Gasteiger partial charge in [-0.15, -0.1) is 11.3 Å². The van der Waals surface area contributed by atoms with Gasteiger partial charge in [-0.25, -0.2) is 8.42 Å². The monoisotopic (exact) mass is 371 g/mol. The number of hydrogen-bond acceptors (Lipinski definition) is 6. The fourth-order valence-electron chi connectivity index (χ4n) is 3.58. The summed E-state index contributed by atoms with van der Waals surface area (Å²) in [6.45, 7) is 4.27. The highest BCUT2D eigenvalue weighted by Gasteiger charge is 2.48. The minimum atomic E-state index is -3.44. The zero-order chi connectivity index (χ0) is 17.2. The molecule has 0 saturated carbocycles. The Hall–Kier alpha value is -0.960. The molecule has 0 radical (unpaired) electrons. The minimum absolute atomic E-state index is 0.334. The van der Waals surface area contributed by atoms with E-state index in [0.717, 1.165) is 26.1 Å². The molecule has 0 spiro atoms. The van der Waals surface area contributed by atoms with Gasteiger partial charge >= 0.3 is 0 Å². The lowest BCUT2D eigenvalue weighted by atomic mass is 9.96. The molecule has 0 aromatic carbocycles. The Bertz CT molecular complexity index is 693. The van der Waals surface area contributed by atoms with Crippen LogP contribution in [0.5, 0.6) is 0 Å². The van der Waals surface area contributed by atoms with Crippen LogP contribution in [0.25, 0.3) is 0 Å². The van der Waals surface area contributed by atoms with Crippen LogP contribution in [0, 0.1) is 0 Å². The molecule has 2 aliphatic heterocycles. The van der Waals surface area contributed by atoms with E-state index >= 15 is 0 Å². The molecule has 1 aromatic heterocycles. The van der Waals surface area contributed by atoms with Crippen molar-refractivity contribution in [3.05, 3.63) is 21.9 Å². The Morgan fingerprint density at radius 1 is 1.42 bits per heavy atom. The molecule has 0 bridgehead atoms. The van der Waals surface area contributed by atoms with E-state index in [1.807, 2.05) is 11.3 Å². The summed E-state index contributed by atoms with van der Waals surface area (Å²) in [4.78, 5) is 16.4. The van der Waals surface area contributed by atoms with Gasteiger partial charge in [0.25, 0.3) is 0 Å². The summed E-state index contributed by atoms with van der Waals surface area (Å²) >= 11 is 1.81. The molecular weight excluding hydrogens is 346 g/mol. The number of nitrogens with one attached hydrogen (secondary N) is 2. The zero-order valence-electron chi connectivity index (χ0n) is 14.0. The second kappa shape index (κ2) is 7.11. The first-order valence-corrected chi connectivity index (χ1v) is 11.2. The zero-order valence-corrected chi connectivity index (χ0v) is 15.6. The molecule has 1 aromatic rings. The third-order valence-electron chi connectivity index (χ3n) is 5.14. The highest BCUT2D eigenvalue weighted by atomic mass is 32.2. The van der Waals surface area contributed by atoms with Gasteiger partial charge in [0.15, 0.2) is 14.6 Å². The van der Waals surface area contributed by atoms with Gasteiger partial charge in [-0.2, -0.15) is 0 Å². The van der Waals surface area contributed by atoms with E-state index in [-0.39, 0.29) is 5.91 Å². The van der Waals surface area contributed by atoms with Crippen molar-refractivity contribution >= 4 is 27.1 Å². The van der Waals surface area contributed by atoms with Crippen molar-refractivity contribution in [1.29, 1.82) is 0 Å². The summed E-state index contributed by atoms with van der Waals surface area (Å²) in [5.41, 5.74) is 1.38. The lowest BCUT2D eigenvalue weighted by molar-refractivity contribution is -0.124. The number of amides is 1. The predicted octanol–water partition coefficient (Wildman–Crippen LogP) is 0.389. The van der Waals surface area contributed by atoms with Crippen LogP contribution in [0.15, 0.2) is 11.4 Å². The third kappa shape index (κ3) is 3.51. The van der Waals surface area contributed by atoms with E-state index in [1.165, 1.54) is 16.7 Å². The SMILES string of the molecule is CS(=O)(=O)C1(C(=O)NCCN2CCc3sccc3C2)CCNCC1. The standard InChI is InChI=1S/C16H25N3O3S2/c1-24(21,22)16(4-6-17-7-5-16)15(20)18-8-10-19-9-2-14-13(12-19)3-11-23-14/h3,11,17H,2,4-10,12H2,1H3,(H,18,20). The van der Waals surface area contributed by atoms with Crippen molar-refractivity contribution in [2.45, 2.75) is 30.6 Å². The second-order valence-corrected chi connectivity index (χ2v) is 9.99. The summed E-state index contributed by atoms with van der Waals surface area (Å²) in [6, 6.07) is 2.17. The van der Waals surface area contributed by atoms with E-state index in [2.05, 4.69) is 27.0 Å². The van der Waals surface area contributed by atoms with Crippen LogP contribution in [-0.2, 0) is 27.6 Å². The molecule has 6 nitrogen and oxygen atoms in total. The highest BCUT2D eigenvalue weighted by molar-refractivity contribution is 7.92. The quantitative estimate of drug-likeness (QED) is 0.783. The van der Waals surface area contributed by atoms with Crippen molar-refractivity contribution in [2.75, 3.05) is 39.0 Å². The Labute approximate surface area is 147 Å². The summed E-state index contributed by atoms with van der Waals surface area (Å²) < 4.78 is 23.2. The number of carbonyl (C=O) groups excluding carboxylic acids is 1. The number of carbonyl (C=O) groups is 1. The van der Waals surface area contributed by atoms with E-state index < -0.39 is 14.6 Å². The average molecular weight is 372 g/mol. The molecule has 2 aliphatic rings. The topological polar surface area (TPSA) is 78.5 Å². The lowest BCUT2D eigenvalue weighted by Crippen LogP contribution is -2.57. The van der Waals surface area contributed by atoms with Crippen LogP contribution >= 0.6 is 11.3 Å². The molecule has 1 amide bonds. The molecule has 2 N–H and O–H groups in total. The molecular formula is C16H25N3O3S2. The Morgan fingerprint density at radius 2 is 2.17 bits per heavy atom. The number of rotatable bonds is 5. The average Bonchev–Trinajstić information content (AvgIpc) is 3.02. The van der Waals surface area contributed by atoms with E-state index in [4.69, 9.17) is 0 Å². The van der Waals surface area contributed by atoms with Gasteiger partial charge in [0.1, 0.15) is 0 Å². The van der Waals surface area contributed by atoms with Crippen molar-refractivity contribution in [3.8, 4) is 0 Å². The Kier molecular flexibility index (Phi) is 5.29. The van der Waals surface area contributed by atoms with Crippen LogP contribution in [-0.4, -0.2) is 63.0 Å². The first-order valence-electron chi connectivity index (χ1n) is 8.39. The lowest BCUT2D eigenvalue weighted by Gasteiger charge is -2.34. The van der Waals surface area contributed by atoms with Gasteiger partial charge in [0.2, 0.25) is 5.91 Å².